The van der Waals surface area contributed by atoms with Gasteiger partial charge in [-0.1, -0.05) is 0 Å². The Morgan fingerprint density at radius 1 is 1.10 bits per heavy atom. The molecule has 0 spiro atoms. The van der Waals surface area contributed by atoms with Crippen molar-refractivity contribution in [3.05, 3.63) is 24.3 Å². The summed E-state index contributed by atoms with van der Waals surface area (Å²) in [5.41, 5.74) is 0.629. The van der Waals surface area contributed by atoms with Gasteiger partial charge < -0.3 is 4.90 Å². The highest BCUT2D eigenvalue weighted by Crippen LogP contribution is 2.32. The van der Waals surface area contributed by atoms with Gasteiger partial charge >= 0.3 is 0 Å². The lowest BCUT2D eigenvalue weighted by Crippen LogP contribution is -2.36. The van der Waals surface area contributed by atoms with Crippen molar-refractivity contribution in [2.24, 2.45) is 0 Å². The Balaban J connectivity index is 1.93. The summed E-state index contributed by atoms with van der Waals surface area (Å²) in [4.78, 5) is 27.0. The molecule has 1 aromatic rings. The lowest BCUT2D eigenvalue weighted by molar-refractivity contribution is -0.129. The molecule has 0 aromatic heterocycles. The van der Waals surface area contributed by atoms with E-state index in [0.717, 1.165) is 6.26 Å². The molecule has 1 atom stereocenters. The van der Waals surface area contributed by atoms with E-state index >= 15 is 0 Å². The molecule has 0 N–H and O–H groups in total. The minimum Gasteiger partial charge on any atom is -0.312 e. The Kier molecular flexibility index (Phi) is 2.82. The Morgan fingerprint density at radius 3 is 2.35 bits per heavy atom. The monoisotopic (exact) mass is 294 g/mol. The van der Waals surface area contributed by atoms with E-state index in [0.29, 0.717) is 18.5 Å². The fraction of sp³-hybridized carbons (Fsp3) is 0.385. The van der Waals surface area contributed by atoms with E-state index in [-0.39, 0.29) is 29.4 Å². The molecule has 6 nitrogen and oxygen atoms in total. The number of anilines is 1. The van der Waals surface area contributed by atoms with Crippen LogP contribution in [0.4, 0.5) is 5.69 Å². The van der Waals surface area contributed by atoms with Gasteiger partial charge in [-0.15, -0.1) is 0 Å². The van der Waals surface area contributed by atoms with Gasteiger partial charge in [-0.2, -0.15) is 0 Å². The van der Waals surface area contributed by atoms with E-state index in [1.807, 2.05) is 0 Å². The summed E-state index contributed by atoms with van der Waals surface area (Å²) in [6.07, 6.45) is 1.99. The zero-order valence-corrected chi connectivity index (χ0v) is 11.8. The van der Waals surface area contributed by atoms with Gasteiger partial charge in [0, 0.05) is 18.4 Å². The largest absolute Gasteiger partial charge is 0.312 e. The van der Waals surface area contributed by atoms with E-state index in [2.05, 4.69) is 0 Å². The highest BCUT2D eigenvalue weighted by Gasteiger charge is 2.45. The number of carbonyl (C=O) groups excluding carboxylic acids is 2. The number of hydrogen-bond acceptors (Lipinski definition) is 4. The normalized spacial score (nSPS) is 22.6. The molecule has 0 radical (unpaired) electrons. The molecular weight excluding hydrogens is 280 g/mol. The van der Waals surface area contributed by atoms with Crippen LogP contribution in [0.1, 0.15) is 12.8 Å². The molecule has 7 heteroatoms. The lowest BCUT2D eigenvalue weighted by atomic mass is 10.2. The van der Waals surface area contributed by atoms with E-state index in [1.165, 1.54) is 12.1 Å². The molecule has 2 aliphatic heterocycles. The molecule has 0 aliphatic carbocycles. The minimum absolute atomic E-state index is 0.00129. The topological polar surface area (TPSA) is 74.8 Å². The predicted octanol–water partition coefficient (Wildman–Crippen LogP) is 0.385. The fourth-order valence-electron chi connectivity index (χ4n) is 2.74. The molecule has 3 rings (SSSR count). The first-order valence-corrected chi connectivity index (χ1v) is 8.19. The van der Waals surface area contributed by atoms with Crippen LogP contribution in [0.3, 0.4) is 0 Å². The second kappa shape index (κ2) is 4.31. The van der Waals surface area contributed by atoms with Crippen molar-refractivity contribution in [1.82, 2.24) is 4.90 Å². The van der Waals surface area contributed by atoms with Crippen molar-refractivity contribution in [3.63, 3.8) is 0 Å². The van der Waals surface area contributed by atoms with Crippen LogP contribution in [0.15, 0.2) is 29.2 Å². The summed E-state index contributed by atoms with van der Waals surface area (Å²) in [5.74, 6) is -0.131. The van der Waals surface area contributed by atoms with Gasteiger partial charge in [0.2, 0.25) is 11.8 Å². The third kappa shape index (κ3) is 1.98. The van der Waals surface area contributed by atoms with Crippen LogP contribution < -0.4 is 4.90 Å². The van der Waals surface area contributed by atoms with Crippen molar-refractivity contribution in [1.29, 1.82) is 0 Å². The maximum atomic E-state index is 12.0. The molecule has 0 bridgehead atoms. The zero-order chi connectivity index (χ0) is 14.5. The molecule has 2 aliphatic rings. The van der Waals surface area contributed by atoms with Gasteiger partial charge in [-0.05, 0) is 30.7 Å². The van der Waals surface area contributed by atoms with Crippen molar-refractivity contribution in [3.8, 4) is 0 Å². The number of hydrogen-bond donors (Lipinski definition) is 0. The van der Waals surface area contributed by atoms with Gasteiger partial charge in [0.15, 0.2) is 9.84 Å². The Labute approximate surface area is 116 Å². The maximum Gasteiger partial charge on any atom is 0.248 e. The van der Waals surface area contributed by atoms with Gasteiger partial charge in [0.05, 0.1) is 4.90 Å². The zero-order valence-electron chi connectivity index (χ0n) is 10.9. The van der Waals surface area contributed by atoms with E-state index in [4.69, 9.17) is 0 Å². The first kappa shape index (κ1) is 13.1. The van der Waals surface area contributed by atoms with E-state index in [9.17, 15) is 18.0 Å². The Morgan fingerprint density at radius 2 is 1.75 bits per heavy atom. The minimum atomic E-state index is -3.25. The summed E-state index contributed by atoms with van der Waals surface area (Å²) in [7, 11) is -3.25. The van der Waals surface area contributed by atoms with Crippen molar-refractivity contribution in [2.45, 2.75) is 23.9 Å². The third-order valence-electron chi connectivity index (χ3n) is 3.71. The van der Waals surface area contributed by atoms with E-state index in [1.54, 1.807) is 21.9 Å². The Hall–Kier alpha value is -1.89. The molecule has 2 fully saturated rings. The number of rotatable bonds is 2. The molecule has 2 amide bonds. The average Bonchev–Trinajstić information content (AvgIpc) is 2.88. The van der Waals surface area contributed by atoms with E-state index < -0.39 is 9.84 Å². The van der Waals surface area contributed by atoms with Crippen LogP contribution in [0, 0.1) is 0 Å². The average molecular weight is 294 g/mol. The Bertz CT molecular complexity index is 681. The van der Waals surface area contributed by atoms with Crippen LogP contribution in [0.25, 0.3) is 0 Å². The summed E-state index contributed by atoms with van der Waals surface area (Å²) in [5, 5.41) is 0. The number of nitrogens with zero attached hydrogens (tertiary/aromatic N) is 2. The van der Waals surface area contributed by atoms with Gasteiger partial charge in [-0.3, -0.25) is 14.5 Å². The maximum absolute atomic E-state index is 12.0. The van der Waals surface area contributed by atoms with Crippen LogP contribution in [-0.2, 0) is 19.4 Å². The molecule has 2 heterocycles. The second-order valence-electron chi connectivity index (χ2n) is 5.07. The van der Waals surface area contributed by atoms with Crippen LogP contribution in [0.5, 0.6) is 0 Å². The molecule has 20 heavy (non-hydrogen) atoms. The highest BCUT2D eigenvalue weighted by molar-refractivity contribution is 7.90. The van der Waals surface area contributed by atoms with Gasteiger partial charge in [0.1, 0.15) is 12.7 Å². The van der Waals surface area contributed by atoms with Crippen molar-refractivity contribution >= 4 is 27.3 Å². The van der Waals surface area contributed by atoms with Crippen LogP contribution >= 0.6 is 0 Å². The van der Waals surface area contributed by atoms with Gasteiger partial charge in [-0.25, -0.2) is 8.42 Å². The third-order valence-corrected chi connectivity index (χ3v) is 4.84. The number of amides is 2. The number of sulfone groups is 1. The summed E-state index contributed by atoms with van der Waals surface area (Å²) < 4.78 is 22.8. The summed E-state index contributed by atoms with van der Waals surface area (Å²) in [6, 6.07) is 6.19. The van der Waals surface area contributed by atoms with Crippen LogP contribution in [-0.4, -0.2) is 44.1 Å². The standard InChI is InChI=1S/C13H14N2O4S/c1-20(18,19)10-4-2-9(3-5-10)15-11-6-7-12(16)14(11)8-13(15)17/h2-5,11H,6-8H2,1H3. The highest BCUT2D eigenvalue weighted by atomic mass is 32.2. The SMILES string of the molecule is CS(=O)(=O)c1ccc(N2C(=O)CN3C(=O)CCC32)cc1. The summed E-state index contributed by atoms with van der Waals surface area (Å²) >= 11 is 0. The molecular formula is C13H14N2O4S. The first-order valence-electron chi connectivity index (χ1n) is 6.29. The van der Waals surface area contributed by atoms with Gasteiger partial charge in [0.25, 0.3) is 0 Å². The predicted molar refractivity (Wildman–Crippen MR) is 71.8 cm³/mol. The number of fused-ring (bicyclic) bond motifs is 1. The van der Waals surface area contributed by atoms with Crippen molar-refractivity contribution in [2.75, 3.05) is 17.7 Å². The van der Waals surface area contributed by atoms with Crippen LogP contribution in [0.2, 0.25) is 0 Å². The second-order valence-corrected chi connectivity index (χ2v) is 7.09. The molecule has 1 unspecified atom stereocenters. The number of carbonyl (C=O) groups is 2. The fourth-order valence-corrected chi connectivity index (χ4v) is 3.37. The molecule has 106 valence electrons. The lowest BCUT2D eigenvalue weighted by Gasteiger charge is -2.24. The first-order chi connectivity index (χ1) is 9.38. The molecule has 0 saturated carbocycles. The quantitative estimate of drug-likeness (QED) is 0.790. The smallest absolute Gasteiger partial charge is 0.248 e. The summed E-state index contributed by atoms with van der Waals surface area (Å²) in [6.45, 7) is 0.108. The molecule has 1 aromatic carbocycles. The molecule has 2 saturated heterocycles. The van der Waals surface area contributed by atoms with Crippen molar-refractivity contribution < 1.29 is 18.0 Å². The number of benzene rings is 1.